The number of para-hydroxylation sites is 1. The average molecular weight is 408 g/mol. The number of hydrogen-bond acceptors (Lipinski definition) is 4. The van der Waals surface area contributed by atoms with Crippen LogP contribution in [0.15, 0.2) is 77.6 Å². The molecule has 5 rings (SSSR count). The number of rotatable bonds is 2. The molecule has 0 saturated carbocycles. The summed E-state index contributed by atoms with van der Waals surface area (Å²) in [7, 11) is 0. The molecule has 1 aliphatic rings. The van der Waals surface area contributed by atoms with Crippen LogP contribution in [0.5, 0.6) is 0 Å². The summed E-state index contributed by atoms with van der Waals surface area (Å²) in [6.45, 7) is 0. The van der Waals surface area contributed by atoms with Crippen LogP contribution in [-0.4, -0.2) is 9.86 Å². The summed E-state index contributed by atoms with van der Waals surface area (Å²) in [5.74, 6) is -0.175. The Balaban J connectivity index is 1.73. The Hall–Kier alpha value is -3.09. The van der Waals surface area contributed by atoms with Crippen molar-refractivity contribution in [1.82, 2.24) is 3.96 Å². The largest absolute Gasteiger partial charge is 0.346 e. The van der Waals surface area contributed by atoms with Crippen LogP contribution in [-0.2, 0) is 0 Å². The van der Waals surface area contributed by atoms with Gasteiger partial charge in [0, 0.05) is 16.4 Å². The van der Waals surface area contributed by atoms with Gasteiger partial charge in [-0.15, -0.1) is 0 Å². The molecule has 1 N–H and O–H groups in total. The topological polar surface area (TPSA) is 54.3 Å². The lowest BCUT2D eigenvalue weighted by Gasteiger charge is -2.37. The minimum atomic E-state index is -0.673. The number of nitrogens with zero attached hydrogens (tertiary/aromatic N) is 2. The van der Waals surface area contributed by atoms with E-state index in [-0.39, 0.29) is 11.5 Å². The van der Waals surface area contributed by atoms with Gasteiger partial charge in [-0.1, -0.05) is 47.4 Å². The van der Waals surface area contributed by atoms with Gasteiger partial charge in [-0.3, -0.25) is 14.5 Å². The monoisotopic (exact) mass is 407 g/mol. The summed E-state index contributed by atoms with van der Waals surface area (Å²) in [6, 6.07) is 21.8. The highest BCUT2D eigenvalue weighted by atomic mass is 35.5. The van der Waals surface area contributed by atoms with Crippen LogP contribution >= 0.6 is 23.1 Å². The predicted octanol–water partition coefficient (Wildman–Crippen LogP) is 4.95. The number of aromatic nitrogens is 1. The lowest BCUT2D eigenvalue weighted by molar-refractivity contribution is 0.0966. The van der Waals surface area contributed by atoms with E-state index in [4.69, 9.17) is 11.6 Å². The van der Waals surface area contributed by atoms with Crippen LogP contribution in [0.25, 0.3) is 10.1 Å². The van der Waals surface area contributed by atoms with E-state index in [0.717, 1.165) is 4.70 Å². The molecule has 3 aromatic carbocycles. The second-order valence-electron chi connectivity index (χ2n) is 6.43. The molecule has 1 unspecified atom stereocenters. The molecule has 4 aromatic rings. The Morgan fingerprint density at radius 1 is 0.893 bits per heavy atom. The fraction of sp³-hybridized carbons (Fsp3) is 0.0476. The number of anilines is 2. The Morgan fingerprint density at radius 3 is 2.39 bits per heavy atom. The van der Waals surface area contributed by atoms with Gasteiger partial charge in [-0.25, -0.2) is 3.96 Å². The molecule has 138 valence electrons. The molecule has 0 spiro atoms. The third kappa shape index (κ3) is 2.61. The summed E-state index contributed by atoms with van der Waals surface area (Å²) in [6.07, 6.45) is -0.673. The maximum absolute atomic E-state index is 13.4. The molecule has 1 aliphatic heterocycles. The molecule has 0 bridgehead atoms. The van der Waals surface area contributed by atoms with Crippen molar-refractivity contribution < 1.29 is 4.79 Å². The first-order chi connectivity index (χ1) is 13.6. The molecule has 0 aliphatic carbocycles. The SMILES string of the molecule is O=C1c2ccccc2NC(n2sc3ccccc3c2=O)N1c1ccc(Cl)cc1. The van der Waals surface area contributed by atoms with E-state index in [1.165, 1.54) is 11.5 Å². The number of benzene rings is 3. The summed E-state index contributed by atoms with van der Waals surface area (Å²) >= 11 is 7.36. The van der Waals surface area contributed by atoms with E-state index in [2.05, 4.69) is 5.32 Å². The number of hydrogen-bond donors (Lipinski definition) is 1. The van der Waals surface area contributed by atoms with Crippen LogP contribution in [0.1, 0.15) is 16.6 Å². The molecule has 2 heterocycles. The van der Waals surface area contributed by atoms with Crippen molar-refractivity contribution >= 4 is 50.5 Å². The predicted molar refractivity (Wildman–Crippen MR) is 113 cm³/mol. The smallest absolute Gasteiger partial charge is 0.271 e. The van der Waals surface area contributed by atoms with Gasteiger partial charge in [-0.05, 0) is 48.5 Å². The highest BCUT2D eigenvalue weighted by Gasteiger charge is 2.35. The number of carbonyl (C=O) groups excluding carboxylic acids is 1. The normalized spacial score (nSPS) is 16.1. The van der Waals surface area contributed by atoms with Crippen molar-refractivity contribution in [2.24, 2.45) is 0 Å². The Labute approximate surface area is 169 Å². The summed E-state index contributed by atoms with van der Waals surface area (Å²) in [4.78, 5) is 28.0. The van der Waals surface area contributed by atoms with Gasteiger partial charge in [0.05, 0.1) is 15.6 Å². The van der Waals surface area contributed by atoms with Gasteiger partial charge in [0.1, 0.15) is 0 Å². The Kier molecular flexibility index (Phi) is 3.96. The highest BCUT2D eigenvalue weighted by Crippen LogP contribution is 2.35. The van der Waals surface area contributed by atoms with E-state index in [1.807, 2.05) is 36.4 Å². The summed E-state index contributed by atoms with van der Waals surface area (Å²) in [5.41, 5.74) is 1.78. The number of amides is 1. The molecule has 1 aromatic heterocycles. The van der Waals surface area contributed by atoms with E-state index in [0.29, 0.717) is 27.3 Å². The molecule has 5 nitrogen and oxygen atoms in total. The van der Waals surface area contributed by atoms with Crippen molar-refractivity contribution in [3.05, 3.63) is 93.7 Å². The molecule has 28 heavy (non-hydrogen) atoms. The second-order valence-corrected chi connectivity index (χ2v) is 7.89. The van der Waals surface area contributed by atoms with E-state index >= 15 is 0 Å². The summed E-state index contributed by atoms with van der Waals surface area (Å²) in [5, 5.41) is 4.57. The Bertz CT molecular complexity index is 1260. The fourth-order valence-corrected chi connectivity index (χ4v) is 4.57. The summed E-state index contributed by atoms with van der Waals surface area (Å²) < 4.78 is 2.48. The zero-order valence-corrected chi connectivity index (χ0v) is 16.1. The van der Waals surface area contributed by atoms with E-state index in [1.54, 1.807) is 45.3 Å². The highest BCUT2D eigenvalue weighted by molar-refractivity contribution is 7.13. The third-order valence-electron chi connectivity index (χ3n) is 4.75. The molecular weight excluding hydrogens is 394 g/mol. The maximum atomic E-state index is 13.4. The number of nitrogens with one attached hydrogen (secondary N) is 1. The van der Waals surface area contributed by atoms with Gasteiger partial charge >= 0.3 is 0 Å². The van der Waals surface area contributed by atoms with Crippen molar-refractivity contribution in [3.8, 4) is 0 Å². The lowest BCUT2D eigenvalue weighted by atomic mass is 10.1. The number of halogens is 1. The molecule has 0 saturated heterocycles. The molecule has 1 atom stereocenters. The van der Waals surface area contributed by atoms with Crippen molar-refractivity contribution in [1.29, 1.82) is 0 Å². The van der Waals surface area contributed by atoms with Crippen LogP contribution in [0.2, 0.25) is 5.02 Å². The molecular formula is C21H14ClN3O2S. The average Bonchev–Trinajstić information content (AvgIpc) is 3.06. The van der Waals surface area contributed by atoms with Gasteiger partial charge < -0.3 is 5.32 Å². The molecule has 0 radical (unpaired) electrons. The maximum Gasteiger partial charge on any atom is 0.271 e. The van der Waals surface area contributed by atoms with Crippen LogP contribution in [0.3, 0.4) is 0 Å². The first kappa shape index (κ1) is 17.0. The van der Waals surface area contributed by atoms with E-state index < -0.39 is 6.29 Å². The fourth-order valence-electron chi connectivity index (χ4n) is 3.41. The van der Waals surface area contributed by atoms with Crippen molar-refractivity contribution in [2.45, 2.75) is 6.29 Å². The third-order valence-corrected chi connectivity index (χ3v) is 6.11. The standard InChI is InChI=1S/C21H14ClN3O2S/c22-13-9-11-14(12-10-13)24-19(26)15-5-1-3-7-17(15)23-21(24)25-20(27)16-6-2-4-8-18(16)28-25/h1-12,21,23H. The quantitative estimate of drug-likeness (QED) is 0.511. The number of fused-ring (bicyclic) bond motifs is 2. The van der Waals surface area contributed by atoms with Crippen LogP contribution < -0.4 is 15.8 Å². The van der Waals surface area contributed by atoms with Crippen molar-refractivity contribution in [2.75, 3.05) is 10.2 Å². The molecule has 7 heteroatoms. The van der Waals surface area contributed by atoms with Crippen molar-refractivity contribution in [3.63, 3.8) is 0 Å². The molecule has 1 amide bonds. The second kappa shape index (κ2) is 6.51. The van der Waals surface area contributed by atoms with Gasteiger partial charge in [-0.2, -0.15) is 0 Å². The van der Waals surface area contributed by atoms with E-state index in [9.17, 15) is 9.59 Å². The van der Waals surface area contributed by atoms with Crippen LogP contribution in [0.4, 0.5) is 11.4 Å². The minimum absolute atomic E-state index is 0.135. The van der Waals surface area contributed by atoms with Gasteiger partial charge in [0.15, 0.2) is 0 Å². The van der Waals surface area contributed by atoms with Crippen LogP contribution in [0, 0.1) is 0 Å². The number of carbonyl (C=O) groups is 1. The van der Waals surface area contributed by atoms with Gasteiger partial charge in [0.2, 0.25) is 6.29 Å². The zero-order chi connectivity index (χ0) is 19.3. The Morgan fingerprint density at radius 2 is 1.61 bits per heavy atom. The zero-order valence-electron chi connectivity index (χ0n) is 14.5. The molecule has 0 fully saturated rings. The lowest BCUT2D eigenvalue weighted by Crippen LogP contribution is -2.47. The minimum Gasteiger partial charge on any atom is -0.346 e. The van der Waals surface area contributed by atoms with Gasteiger partial charge in [0.25, 0.3) is 11.5 Å². The first-order valence-electron chi connectivity index (χ1n) is 8.69. The first-order valence-corrected chi connectivity index (χ1v) is 9.84.